The van der Waals surface area contributed by atoms with Crippen molar-refractivity contribution in [3.63, 3.8) is 0 Å². The number of sulfonamides is 1. The summed E-state index contributed by atoms with van der Waals surface area (Å²) < 4.78 is 32.0. The van der Waals surface area contributed by atoms with E-state index >= 15 is 0 Å². The first-order chi connectivity index (χ1) is 11.4. The first-order valence-corrected chi connectivity index (χ1v) is 9.68. The van der Waals surface area contributed by atoms with Crippen LogP contribution in [0.1, 0.15) is 19.8 Å². The third-order valence-corrected chi connectivity index (χ3v) is 6.31. The van der Waals surface area contributed by atoms with Gasteiger partial charge in [0.1, 0.15) is 5.03 Å². The number of ether oxygens (including phenoxy) is 1. The van der Waals surface area contributed by atoms with Gasteiger partial charge in [-0.25, -0.2) is 8.42 Å². The number of nitrogens with zero attached hydrogens (tertiary/aromatic N) is 1. The molecule has 2 aromatic rings. The van der Waals surface area contributed by atoms with Crippen LogP contribution in [-0.2, 0) is 19.6 Å². The SMILES string of the molecule is CCOC(=O)C1CCN(S(=O)(=O)c2cc3cc(Cl)ccc3[nH]2)CC1. The average molecular weight is 371 g/mol. The molecule has 0 radical (unpaired) electrons. The minimum Gasteiger partial charge on any atom is -0.466 e. The number of piperidine rings is 1. The molecular formula is C16H19ClN2O4S. The highest BCUT2D eigenvalue weighted by Gasteiger charge is 2.33. The van der Waals surface area contributed by atoms with E-state index in [9.17, 15) is 13.2 Å². The van der Waals surface area contributed by atoms with Crippen LogP contribution >= 0.6 is 11.6 Å². The normalized spacial score (nSPS) is 17.2. The topological polar surface area (TPSA) is 79.5 Å². The Balaban J connectivity index is 1.77. The summed E-state index contributed by atoms with van der Waals surface area (Å²) >= 11 is 5.94. The Bertz CT molecular complexity index is 854. The maximum Gasteiger partial charge on any atom is 0.309 e. The number of hydrogen-bond acceptors (Lipinski definition) is 4. The second-order valence-electron chi connectivity index (χ2n) is 5.80. The molecule has 8 heteroatoms. The molecule has 0 unspecified atom stereocenters. The fourth-order valence-corrected chi connectivity index (χ4v) is 4.61. The Hall–Kier alpha value is -1.57. The standard InChI is InChI=1S/C16H19ClN2O4S/c1-2-23-16(20)11-5-7-19(8-6-11)24(21,22)15-10-12-9-13(17)3-4-14(12)18-15/h3-4,9-11,18H,2,5-8H2,1H3. The quantitative estimate of drug-likeness (QED) is 0.839. The lowest BCUT2D eigenvalue weighted by atomic mass is 9.98. The number of benzene rings is 1. The van der Waals surface area contributed by atoms with Gasteiger partial charge in [-0.3, -0.25) is 4.79 Å². The molecule has 1 aliphatic heterocycles. The highest BCUT2D eigenvalue weighted by molar-refractivity contribution is 7.89. The van der Waals surface area contributed by atoms with Gasteiger partial charge in [-0.2, -0.15) is 4.31 Å². The van der Waals surface area contributed by atoms with E-state index in [2.05, 4.69) is 4.98 Å². The molecule has 1 aromatic carbocycles. The second kappa shape index (κ2) is 6.74. The van der Waals surface area contributed by atoms with Crippen molar-refractivity contribution >= 4 is 38.5 Å². The zero-order chi connectivity index (χ0) is 17.3. The maximum absolute atomic E-state index is 12.8. The summed E-state index contributed by atoms with van der Waals surface area (Å²) in [5.74, 6) is -0.465. The van der Waals surface area contributed by atoms with Crippen molar-refractivity contribution in [2.75, 3.05) is 19.7 Å². The Morgan fingerprint density at radius 2 is 2.04 bits per heavy atom. The van der Waals surface area contributed by atoms with Gasteiger partial charge in [0.2, 0.25) is 0 Å². The molecule has 1 saturated heterocycles. The van der Waals surface area contributed by atoms with E-state index < -0.39 is 10.0 Å². The molecule has 0 saturated carbocycles. The van der Waals surface area contributed by atoms with Crippen LogP contribution < -0.4 is 0 Å². The van der Waals surface area contributed by atoms with Crippen molar-refractivity contribution in [3.8, 4) is 0 Å². The van der Waals surface area contributed by atoms with Crippen LogP contribution in [0.5, 0.6) is 0 Å². The van der Waals surface area contributed by atoms with E-state index in [1.165, 1.54) is 4.31 Å². The van der Waals surface area contributed by atoms with Crippen LogP contribution in [-0.4, -0.2) is 43.4 Å². The van der Waals surface area contributed by atoms with Crippen molar-refractivity contribution in [3.05, 3.63) is 29.3 Å². The number of nitrogens with one attached hydrogen (secondary N) is 1. The molecule has 24 heavy (non-hydrogen) atoms. The summed E-state index contributed by atoms with van der Waals surface area (Å²) in [4.78, 5) is 14.7. The molecule has 1 fully saturated rings. The van der Waals surface area contributed by atoms with E-state index in [4.69, 9.17) is 16.3 Å². The average Bonchev–Trinajstić information content (AvgIpc) is 2.99. The Morgan fingerprint density at radius 3 is 2.71 bits per heavy atom. The molecule has 6 nitrogen and oxygen atoms in total. The second-order valence-corrected chi connectivity index (χ2v) is 8.14. The molecule has 0 bridgehead atoms. The summed E-state index contributed by atoms with van der Waals surface area (Å²) in [6.45, 7) is 2.72. The maximum atomic E-state index is 12.8. The fourth-order valence-electron chi connectivity index (χ4n) is 2.95. The lowest BCUT2D eigenvalue weighted by Gasteiger charge is -2.29. The van der Waals surface area contributed by atoms with Crippen LogP contribution in [0, 0.1) is 5.92 Å². The van der Waals surface area contributed by atoms with Crippen molar-refractivity contribution < 1.29 is 17.9 Å². The number of carbonyl (C=O) groups is 1. The van der Waals surface area contributed by atoms with Gasteiger partial charge in [0.05, 0.1) is 12.5 Å². The largest absolute Gasteiger partial charge is 0.466 e. The first-order valence-electron chi connectivity index (χ1n) is 7.87. The van der Waals surface area contributed by atoms with Crippen molar-refractivity contribution in [2.24, 2.45) is 5.92 Å². The van der Waals surface area contributed by atoms with E-state index in [0.717, 1.165) is 10.9 Å². The first kappa shape index (κ1) is 17.3. The molecule has 3 rings (SSSR count). The number of fused-ring (bicyclic) bond motifs is 1. The number of H-pyrrole nitrogens is 1. The van der Waals surface area contributed by atoms with E-state index in [0.29, 0.717) is 37.6 Å². The summed E-state index contributed by atoms with van der Waals surface area (Å²) in [6.07, 6.45) is 0.953. The molecule has 2 heterocycles. The highest BCUT2D eigenvalue weighted by Crippen LogP contribution is 2.27. The number of aromatic nitrogens is 1. The van der Waals surface area contributed by atoms with Gasteiger partial charge in [-0.1, -0.05) is 11.6 Å². The molecule has 1 aromatic heterocycles. The molecular weight excluding hydrogens is 352 g/mol. The molecule has 1 N–H and O–H groups in total. The molecule has 0 spiro atoms. The zero-order valence-electron chi connectivity index (χ0n) is 13.3. The number of esters is 1. The number of halogens is 1. The molecule has 0 atom stereocenters. The summed E-state index contributed by atoms with van der Waals surface area (Å²) in [6, 6.07) is 6.78. The number of aromatic amines is 1. The Kier molecular flexibility index (Phi) is 4.85. The van der Waals surface area contributed by atoms with E-state index in [1.807, 2.05) is 0 Å². The third-order valence-electron chi connectivity index (χ3n) is 4.25. The summed E-state index contributed by atoms with van der Waals surface area (Å²) in [5, 5.41) is 1.46. The minimum absolute atomic E-state index is 0.148. The van der Waals surface area contributed by atoms with Crippen LogP contribution in [0.15, 0.2) is 29.3 Å². The van der Waals surface area contributed by atoms with Gasteiger partial charge in [0.15, 0.2) is 0 Å². The minimum atomic E-state index is -3.62. The Labute approximate surface area is 145 Å². The van der Waals surface area contributed by atoms with Gasteiger partial charge < -0.3 is 9.72 Å². The van der Waals surface area contributed by atoms with E-state index in [-0.39, 0.29) is 16.9 Å². The lowest BCUT2D eigenvalue weighted by molar-refractivity contribution is -0.149. The van der Waals surface area contributed by atoms with Crippen molar-refractivity contribution in [1.29, 1.82) is 0 Å². The van der Waals surface area contributed by atoms with Crippen LogP contribution in [0.3, 0.4) is 0 Å². The van der Waals surface area contributed by atoms with Gasteiger partial charge in [-0.05, 0) is 44.0 Å². The predicted octanol–water partition coefficient (Wildman–Crippen LogP) is 2.79. The van der Waals surface area contributed by atoms with Gasteiger partial charge in [-0.15, -0.1) is 0 Å². The van der Waals surface area contributed by atoms with E-state index in [1.54, 1.807) is 31.2 Å². The molecule has 1 aliphatic rings. The number of carbonyl (C=O) groups excluding carboxylic acids is 1. The predicted molar refractivity (Wildman–Crippen MR) is 91.4 cm³/mol. The van der Waals surface area contributed by atoms with Crippen LogP contribution in [0.25, 0.3) is 10.9 Å². The lowest BCUT2D eigenvalue weighted by Crippen LogP contribution is -2.40. The monoisotopic (exact) mass is 370 g/mol. The molecule has 0 amide bonds. The fraction of sp³-hybridized carbons (Fsp3) is 0.438. The van der Waals surface area contributed by atoms with Crippen LogP contribution in [0.4, 0.5) is 0 Å². The molecule has 130 valence electrons. The van der Waals surface area contributed by atoms with Gasteiger partial charge in [0, 0.05) is 29.0 Å². The smallest absolute Gasteiger partial charge is 0.309 e. The van der Waals surface area contributed by atoms with Gasteiger partial charge in [0.25, 0.3) is 10.0 Å². The highest BCUT2D eigenvalue weighted by atomic mass is 35.5. The summed E-state index contributed by atoms with van der Waals surface area (Å²) in [7, 11) is -3.62. The van der Waals surface area contributed by atoms with Crippen LogP contribution in [0.2, 0.25) is 5.02 Å². The molecule has 0 aliphatic carbocycles. The van der Waals surface area contributed by atoms with Crippen molar-refractivity contribution in [2.45, 2.75) is 24.8 Å². The number of rotatable bonds is 4. The third kappa shape index (κ3) is 3.29. The summed E-state index contributed by atoms with van der Waals surface area (Å²) in [5.41, 5.74) is 0.722. The zero-order valence-corrected chi connectivity index (χ0v) is 14.9. The van der Waals surface area contributed by atoms with Gasteiger partial charge >= 0.3 is 5.97 Å². The van der Waals surface area contributed by atoms with Crippen molar-refractivity contribution in [1.82, 2.24) is 9.29 Å². The Morgan fingerprint density at radius 1 is 1.33 bits per heavy atom. The number of hydrogen-bond donors (Lipinski definition) is 1.